The number of nitrogens with zero attached hydrogens (tertiary/aromatic N) is 1. The first-order valence-electron chi connectivity index (χ1n) is 4.28. The highest BCUT2D eigenvalue weighted by atomic mass is 15.1. The monoisotopic (exact) mass is 141 g/mol. The van der Waals surface area contributed by atoms with Crippen molar-refractivity contribution >= 4 is 0 Å². The van der Waals surface area contributed by atoms with Crippen LogP contribution in [-0.4, -0.2) is 24.5 Å². The van der Waals surface area contributed by atoms with Gasteiger partial charge in [-0.2, -0.15) is 0 Å². The molecule has 0 aliphatic heterocycles. The van der Waals surface area contributed by atoms with Crippen molar-refractivity contribution in [2.75, 3.05) is 13.6 Å². The van der Waals surface area contributed by atoms with Crippen molar-refractivity contribution in [3.8, 4) is 0 Å². The predicted molar refractivity (Wildman–Crippen MR) is 45.1 cm³/mol. The topological polar surface area (TPSA) is 3.24 Å². The van der Waals surface area contributed by atoms with Gasteiger partial charge in [-0.1, -0.05) is 20.8 Å². The highest BCUT2D eigenvalue weighted by Crippen LogP contribution is 2.42. The minimum absolute atomic E-state index is 0.588. The van der Waals surface area contributed by atoms with Crippen LogP contribution in [0.4, 0.5) is 0 Å². The summed E-state index contributed by atoms with van der Waals surface area (Å²) in [6.45, 7) is 8.16. The fourth-order valence-corrected chi connectivity index (χ4v) is 1.89. The second-order valence-electron chi connectivity index (χ2n) is 4.12. The van der Waals surface area contributed by atoms with Crippen LogP contribution in [0.1, 0.15) is 33.6 Å². The van der Waals surface area contributed by atoms with Gasteiger partial charge in [-0.15, -0.1) is 0 Å². The highest BCUT2D eigenvalue weighted by molar-refractivity contribution is 4.94. The van der Waals surface area contributed by atoms with Crippen molar-refractivity contribution in [2.24, 2.45) is 5.41 Å². The van der Waals surface area contributed by atoms with Crippen LogP contribution in [0.5, 0.6) is 0 Å². The average molecular weight is 141 g/mol. The lowest BCUT2D eigenvalue weighted by molar-refractivity contribution is 0.0192. The summed E-state index contributed by atoms with van der Waals surface area (Å²) in [5.41, 5.74) is 0.588. The summed E-state index contributed by atoms with van der Waals surface area (Å²) in [7, 11) is 2.23. The Kier molecular flexibility index (Phi) is 2.04. The standard InChI is InChI=1S/C9H19N/c1-5-10(4)8-6-7-9(8,2)3/h8H,5-7H2,1-4H3. The average Bonchev–Trinajstić information content (AvgIpc) is 1.86. The molecule has 0 N–H and O–H groups in total. The maximum Gasteiger partial charge on any atom is 0.0143 e. The molecular weight excluding hydrogens is 122 g/mol. The van der Waals surface area contributed by atoms with Gasteiger partial charge in [-0.05, 0) is 31.8 Å². The molecular formula is C9H19N. The zero-order valence-corrected chi connectivity index (χ0v) is 7.65. The van der Waals surface area contributed by atoms with Crippen LogP contribution in [-0.2, 0) is 0 Å². The van der Waals surface area contributed by atoms with E-state index in [1.165, 1.54) is 19.4 Å². The fraction of sp³-hybridized carbons (Fsp3) is 1.00. The molecule has 1 aliphatic carbocycles. The number of hydrogen-bond acceptors (Lipinski definition) is 1. The molecule has 1 atom stereocenters. The molecule has 0 bridgehead atoms. The third kappa shape index (κ3) is 1.20. The Morgan fingerprint density at radius 1 is 1.50 bits per heavy atom. The summed E-state index contributed by atoms with van der Waals surface area (Å²) >= 11 is 0. The molecule has 1 unspecified atom stereocenters. The summed E-state index contributed by atoms with van der Waals surface area (Å²) in [4.78, 5) is 2.46. The highest BCUT2D eigenvalue weighted by Gasteiger charge is 2.40. The maximum atomic E-state index is 2.46. The molecule has 1 saturated carbocycles. The Morgan fingerprint density at radius 2 is 2.10 bits per heavy atom. The molecule has 0 radical (unpaired) electrons. The van der Waals surface area contributed by atoms with Gasteiger partial charge in [0, 0.05) is 6.04 Å². The first-order chi connectivity index (χ1) is 4.58. The second kappa shape index (κ2) is 2.54. The quantitative estimate of drug-likeness (QED) is 0.569. The van der Waals surface area contributed by atoms with E-state index in [-0.39, 0.29) is 0 Å². The van der Waals surface area contributed by atoms with E-state index in [2.05, 4.69) is 32.7 Å². The van der Waals surface area contributed by atoms with E-state index >= 15 is 0 Å². The molecule has 60 valence electrons. The lowest BCUT2D eigenvalue weighted by Gasteiger charge is -2.49. The van der Waals surface area contributed by atoms with E-state index in [0.29, 0.717) is 5.41 Å². The van der Waals surface area contributed by atoms with Gasteiger partial charge in [-0.3, -0.25) is 0 Å². The lowest BCUT2D eigenvalue weighted by atomic mass is 9.67. The second-order valence-corrected chi connectivity index (χ2v) is 4.12. The van der Waals surface area contributed by atoms with Crippen LogP contribution in [0, 0.1) is 5.41 Å². The molecule has 1 heteroatoms. The van der Waals surface area contributed by atoms with Gasteiger partial charge < -0.3 is 4.90 Å². The lowest BCUT2D eigenvalue weighted by Crippen LogP contribution is -2.50. The summed E-state index contributed by atoms with van der Waals surface area (Å²) < 4.78 is 0. The molecule has 0 heterocycles. The van der Waals surface area contributed by atoms with Gasteiger partial charge in [-0.25, -0.2) is 0 Å². The van der Waals surface area contributed by atoms with Crippen molar-refractivity contribution in [1.82, 2.24) is 4.90 Å². The molecule has 1 aliphatic rings. The number of rotatable bonds is 2. The smallest absolute Gasteiger partial charge is 0.0143 e. The van der Waals surface area contributed by atoms with E-state index in [4.69, 9.17) is 0 Å². The van der Waals surface area contributed by atoms with Crippen molar-refractivity contribution in [3.63, 3.8) is 0 Å². The third-order valence-corrected chi connectivity index (χ3v) is 3.00. The van der Waals surface area contributed by atoms with E-state index in [9.17, 15) is 0 Å². The van der Waals surface area contributed by atoms with Crippen LogP contribution < -0.4 is 0 Å². The zero-order chi connectivity index (χ0) is 7.78. The molecule has 1 fully saturated rings. The Bertz CT molecular complexity index is 118. The van der Waals surface area contributed by atoms with E-state index in [0.717, 1.165) is 6.04 Å². The van der Waals surface area contributed by atoms with Crippen molar-refractivity contribution < 1.29 is 0 Å². The summed E-state index contributed by atoms with van der Waals surface area (Å²) in [5, 5.41) is 0. The van der Waals surface area contributed by atoms with Crippen molar-refractivity contribution in [2.45, 2.75) is 39.7 Å². The van der Waals surface area contributed by atoms with Crippen LogP contribution in [0.3, 0.4) is 0 Å². The van der Waals surface area contributed by atoms with Gasteiger partial charge in [0.05, 0.1) is 0 Å². The predicted octanol–water partition coefficient (Wildman–Crippen LogP) is 2.13. The molecule has 0 aromatic rings. The van der Waals surface area contributed by atoms with Crippen LogP contribution in [0.2, 0.25) is 0 Å². The summed E-state index contributed by atoms with van der Waals surface area (Å²) in [5.74, 6) is 0. The van der Waals surface area contributed by atoms with Crippen LogP contribution >= 0.6 is 0 Å². The van der Waals surface area contributed by atoms with Gasteiger partial charge >= 0.3 is 0 Å². The van der Waals surface area contributed by atoms with E-state index in [1.807, 2.05) is 0 Å². The summed E-state index contributed by atoms with van der Waals surface area (Å²) in [6.07, 6.45) is 2.80. The Labute approximate surface area is 64.4 Å². The first-order valence-corrected chi connectivity index (χ1v) is 4.28. The van der Waals surface area contributed by atoms with Gasteiger partial charge in [0.15, 0.2) is 0 Å². The third-order valence-electron chi connectivity index (χ3n) is 3.00. The molecule has 0 saturated heterocycles. The van der Waals surface area contributed by atoms with Crippen molar-refractivity contribution in [1.29, 1.82) is 0 Å². The molecule has 1 nitrogen and oxygen atoms in total. The normalized spacial score (nSPS) is 30.3. The molecule has 0 spiro atoms. The molecule has 0 aromatic carbocycles. The van der Waals surface area contributed by atoms with Crippen molar-refractivity contribution in [3.05, 3.63) is 0 Å². The Hall–Kier alpha value is -0.0400. The zero-order valence-electron chi connectivity index (χ0n) is 7.65. The van der Waals surface area contributed by atoms with Crippen LogP contribution in [0.15, 0.2) is 0 Å². The molecule has 0 amide bonds. The largest absolute Gasteiger partial charge is 0.303 e. The Balaban J connectivity index is 2.43. The van der Waals surface area contributed by atoms with Gasteiger partial charge in [0.2, 0.25) is 0 Å². The molecule has 1 rings (SSSR count). The SMILES string of the molecule is CCN(C)C1CCC1(C)C. The fourth-order valence-electron chi connectivity index (χ4n) is 1.89. The summed E-state index contributed by atoms with van der Waals surface area (Å²) in [6, 6.07) is 0.845. The van der Waals surface area contributed by atoms with E-state index in [1.54, 1.807) is 0 Å². The number of hydrogen-bond donors (Lipinski definition) is 0. The van der Waals surface area contributed by atoms with E-state index < -0.39 is 0 Å². The minimum atomic E-state index is 0.588. The maximum absolute atomic E-state index is 2.46. The molecule has 0 aromatic heterocycles. The molecule has 10 heavy (non-hydrogen) atoms. The Morgan fingerprint density at radius 3 is 2.20 bits per heavy atom. The van der Waals surface area contributed by atoms with Gasteiger partial charge in [0.25, 0.3) is 0 Å². The van der Waals surface area contributed by atoms with Gasteiger partial charge in [0.1, 0.15) is 0 Å². The van der Waals surface area contributed by atoms with Crippen LogP contribution in [0.25, 0.3) is 0 Å². The minimum Gasteiger partial charge on any atom is -0.303 e. The first kappa shape index (κ1) is 8.06.